The lowest BCUT2D eigenvalue weighted by atomic mass is 10.1. The van der Waals surface area contributed by atoms with Gasteiger partial charge in [-0.25, -0.2) is 0 Å². The molecule has 2 heterocycles. The Kier molecular flexibility index (Phi) is 5.86. The minimum atomic E-state index is 1.24. The summed E-state index contributed by atoms with van der Waals surface area (Å²) in [5, 5.41) is 0. The van der Waals surface area contributed by atoms with Gasteiger partial charge in [-0.3, -0.25) is 0 Å². The van der Waals surface area contributed by atoms with Crippen LogP contribution < -0.4 is 9.13 Å². The molecule has 0 atom stereocenters. The Morgan fingerprint density at radius 3 is 1.17 bits per heavy atom. The number of rotatable bonds is 1. The Morgan fingerprint density at radius 1 is 0.500 bits per heavy atom. The molecule has 2 nitrogen and oxygen atoms in total. The molecule has 0 aliphatic carbocycles. The van der Waals surface area contributed by atoms with E-state index in [-0.39, 0.29) is 0 Å². The average molecular weight is 320 g/mol. The lowest BCUT2D eigenvalue weighted by Gasteiger charge is -2.01. The number of pyridine rings is 2. The summed E-state index contributed by atoms with van der Waals surface area (Å²) in [5.41, 5.74) is 7.72. The van der Waals surface area contributed by atoms with Gasteiger partial charge in [0.1, 0.15) is 14.1 Å². The summed E-state index contributed by atoms with van der Waals surface area (Å²) < 4.78 is 4.31. The monoisotopic (exact) mass is 320 g/mol. The van der Waals surface area contributed by atoms with Crippen LogP contribution in [0, 0.1) is 27.7 Å². The van der Waals surface area contributed by atoms with Crippen molar-refractivity contribution in [1.82, 2.24) is 0 Å². The van der Waals surface area contributed by atoms with E-state index < -0.39 is 0 Å². The summed E-state index contributed by atoms with van der Waals surface area (Å²) in [5.74, 6) is 0. The maximum Gasteiger partial charge on any atom is 0.277 e. The van der Waals surface area contributed by atoms with E-state index in [1.807, 2.05) is 0 Å². The number of benzene rings is 1. The zero-order valence-electron chi connectivity index (χ0n) is 15.7. The molecule has 1 aromatic carbocycles. The molecule has 3 aromatic rings. The summed E-state index contributed by atoms with van der Waals surface area (Å²) in [6, 6.07) is 17.2. The third-order valence-electron chi connectivity index (χ3n) is 4.09. The van der Waals surface area contributed by atoms with E-state index in [0.29, 0.717) is 0 Å². The second-order valence-corrected chi connectivity index (χ2v) is 6.56. The van der Waals surface area contributed by atoms with Crippen molar-refractivity contribution in [3.63, 3.8) is 0 Å². The van der Waals surface area contributed by atoms with Crippen LogP contribution in [0.2, 0.25) is 0 Å². The third-order valence-corrected chi connectivity index (χ3v) is 4.09. The fraction of sp³-hybridized carbons (Fsp3) is 0.273. The van der Waals surface area contributed by atoms with Crippen molar-refractivity contribution < 1.29 is 9.13 Å². The van der Waals surface area contributed by atoms with E-state index in [4.69, 9.17) is 0 Å². The highest BCUT2D eigenvalue weighted by atomic mass is 15.0. The molecule has 0 unspecified atom stereocenters. The van der Waals surface area contributed by atoms with Gasteiger partial charge < -0.3 is 0 Å². The second-order valence-electron chi connectivity index (χ2n) is 6.56. The zero-order chi connectivity index (χ0) is 17.7. The molecule has 0 saturated carbocycles. The first-order valence-corrected chi connectivity index (χ1v) is 8.33. The molecular formula is C22H28N2+2. The molecule has 0 aliphatic heterocycles. The van der Waals surface area contributed by atoms with E-state index in [9.17, 15) is 0 Å². The minimum Gasteiger partial charge on any atom is -0.196 e. The zero-order valence-corrected chi connectivity index (χ0v) is 15.7. The average Bonchev–Trinajstić information content (AvgIpc) is 2.55. The van der Waals surface area contributed by atoms with Crippen molar-refractivity contribution >= 4 is 0 Å². The highest BCUT2D eigenvalue weighted by Gasteiger charge is 2.18. The van der Waals surface area contributed by atoms with Crippen LogP contribution in [0.4, 0.5) is 0 Å². The summed E-state index contributed by atoms with van der Waals surface area (Å²) >= 11 is 0. The van der Waals surface area contributed by atoms with Crippen molar-refractivity contribution in [2.75, 3.05) is 0 Å². The van der Waals surface area contributed by atoms with Crippen LogP contribution in [0.15, 0.2) is 60.9 Å². The molecule has 0 saturated heterocycles. The molecule has 0 amide bonds. The second kappa shape index (κ2) is 7.87. The van der Waals surface area contributed by atoms with Crippen LogP contribution in [0.5, 0.6) is 0 Å². The molecule has 24 heavy (non-hydrogen) atoms. The smallest absolute Gasteiger partial charge is 0.196 e. The molecule has 0 radical (unpaired) electrons. The topological polar surface area (TPSA) is 7.76 Å². The molecule has 2 aromatic heterocycles. The van der Waals surface area contributed by atoms with Gasteiger partial charge in [-0.05, 0) is 38.8 Å². The first kappa shape index (κ1) is 17.9. The maximum atomic E-state index is 2.22. The van der Waals surface area contributed by atoms with Crippen LogP contribution in [-0.4, -0.2) is 0 Å². The maximum absolute atomic E-state index is 2.22. The summed E-state index contributed by atoms with van der Waals surface area (Å²) in [6.45, 7) is 8.44. The molecule has 0 aliphatic rings. The molecular weight excluding hydrogens is 292 g/mol. The van der Waals surface area contributed by atoms with Crippen molar-refractivity contribution in [2.24, 2.45) is 14.1 Å². The summed E-state index contributed by atoms with van der Waals surface area (Å²) in [7, 11) is 4.16. The highest BCUT2D eigenvalue weighted by molar-refractivity contribution is 5.48. The van der Waals surface area contributed by atoms with Crippen LogP contribution >= 0.6 is 0 Å². The van der Waals surface area contributed by atoms with Crippen molar-refractivity contribution in [3.8, 4) is 11.4 Å². The van der Waals surface area contributed by atoms with Crippen molar-refractivity contribution in [3.05, 3.63) is 83.2 Å². The van der Waals surface area contributed by atoms with Gasteiger partial charge in [0.15, 0.2) is 12.4 Å². The number of hydrogen-bond acceptors (Lipinski definition) is 0. The Hall–Kier alpha value is -2.48. The first-order valence-electron chi connectivity index (χ1n) is 8.33. The number of aryl methyl sites for hydroxylation is 6. The Bertz CT molecular complexity index is 747. The van der Waals surface area contributed by atoms with E-state index >= 15 is 0 Å². The molecule has 0 N–H and O–H groups in total. The Balaban J connectivity index is 0.000000219. The van der Waals surface area contributed by atoms with E-state index in [1.54, 1.807) is 0 Å². The SMILES string of the molecule is Cc1cc[n+](C)c(-c2cc(C)cc[n+]2C)c1.Cc1ccc(C)cc1. The van der Waals surface area contributed by atoms with Gasteiger partial charge in [0.2, 0.25) is 0 Å². The van der Waals surface area contributed by atoms with Crippen molar-refractivity contribution in [2.45, 2.75) is 27.7 Å². The van der Waals surface area contributed by atoms with Gasteiger partial charge in [-0.2, -0.15) is 9.13 Å². The van der Waals surface area contributed by atoms with E-state index in [0.717, 1.165) is 0 Å². The Labute approximate surface area is 146 Å². The van der Waals surface area contributed by atoms with Crippen LogP contribution in [0.25, 0.3) is 11.4 Å². The van der Waals surface area contributed by atoms with Crippen molar-refractivity contribution in [1.29, 1.82) is 0 Å². The number of aromatic nitrogens is 2. The Morgan fingerprint density at radius 2 is 0.833 bits per heavy atom. The van der Waals surface area contributed by atoms with Gasteiger partial charge >= 0.3 is 0 Å². The van der Waals surface area contributed by atoms with E-state index in [2.05, 4.69) is 112 Å². The normalized spacial score (nSPS) is 10.1. The van der Waals surface area contributed by atoms with Crippen LogP contribution in [0.3, 0.4) is 0 Å². The van der Waals surface area contributed by atoms with Gasteiger partial charge in [0, 0.05) is 24.3 Å². The van der Waals surface area contributed by atoms with Gasteiger partial charge in [-0.15, -0.1) is 0 Å². The van der Waals surface area contributed by atoms with Crippen LogP contribution in [0.1, 0.15) is 22.3 Å². The van der Waals surface area contributed by atoms with Gasteiger partial charge in [0.25, 0.3) is 11.4 Å². The lowest BCUT2D eigenvalue weighted by molar-refractivity contribution is -0.690. The van der Waals surface area contributed by atoms with Crippen LogP contribution in [-0.2, 0) is 14.1 Å². The summed E-state index contributed by atoms with van der Waals surface area (Å²) in [4.78, 5) is 0. The fourth-order valence-corrected chi connectivity index (χ4v) is 2.50. The third kappa shape index (κ3) is 4.76. The lowest BCUT2D eigenvalue weighted by Crippen LogP contribution is -2.38. The molecule has 0 fully saturated rings. The molecule has 3 rings (SSSR count). The largest absolute Gasteiger partial charge is 0.277 e. The molecule has 124 valence electrons. The number of hydrogen-bond donors (Lipinski definition) is 0. The number of nitrogens with zero attached hydrogens (tertiary/aromatic N) is 2. The van der Waals surface area contributed by atoms with Gasteiger partial charge in [0.05, 0.1) is 0 Å². The van der Waals surface area contributed by atoms with Gasteiger partial charge in [-0.1, -0.05) is 35.4 Å². The standard InChI is InChI=1S/C14H18N2.C8H10/c1-11-5-7-15(3)13(9-11)14-10-12(2)6-8-16(14)4;1-7-3-5-8(2)6-4-7/h5-10H,1-4H3;3-6H,1-2H3/q+2;. The predicted molar refractivity (Wildman–Crippen MR) is 99.6 cm³/mol. The fourth-order valence-electron chi connectivity index (χ4n) is 2.50. The first-order chi connectivity index (χ1) is 11.4. The predicted octanol–water partition coefficient (Wildman–Crippen LogP) is 3.92. The molecule has 0 spiro atoms. The van der Waals surface area contributed by atoms with E-state index in [1.165, 1.54) is 33.6 Å². The minimum absolute atomic E-state index is 1.24. The highest BCUT2D eigenvalue weighted by Crippen LogP contribution is 2.12. The molecule has 2 heteroatoms. The molecule has 0 bridgehead atoms. The quantitative estimate of drug-likeness (QED) is 0.600. The summed E-state index contributed by atoms with van der Waals surface area (Å²) in [6.07, 6.45) is 4.21.